The van der Waals surface area contributed by atoms with E-state index < -0.39 is 6.61 Å². The molecule has 3 fully saturated rings. The van der Waals surface area contributed by atoms with Crippen LogP contribution in [0.1, 0.15) is 18.5 Å². The largest absolute Gasteiger partial charge is 0.435 e. The average Bonchev–Trinajstić information content (AvgIpc) is 3.56. The zero-order valence-electron chi connectivity index (χ0n) is 19.7. The van der Waals surface area contributed by atoms with Crippen LogP contribution in [0.3, 0.4) is 0 Å². The van der Waals surface area contributed by atoms with Gasteiger partial charge in [0.25, 0.3) is 0 Å². The lowest BCUT2D eigenvalue weighted by Gasteiger charge is -2.43. The number of piperazine rings is 1. The molecule has 0 atom stereocenters. The first-order valence-corrected chi connectivity index (χ1v) is 12.4. The Labute approximate surface area is 215 Å². The SMILES string of the molecule is N#Cc1cnc2c(NC3CC3)nc(Nc3cc(OC(F)F)cc(N4CCN(C5COC5)CC4)c3Cl)nn12. The van der Waals surface area contributed by atoms with Crippen LogP contribution in [-0.2, 0) is 4.74 Å². The Morgan fingerprint density at radius 3 is 2.62 bits per heavy atom. The van der Waals surface area contributed by atoms with Gasteiger partial charge in [-0.1, -0.05) is 11.6 Å². The summed E-state index contributed by atoms with van der Waals surface area (Å²) in [5.74, 6) is 0.556. The summed E-state index contributed by atoms with van der Waals surface area (Å²) in [4.78, 5) is 13.2. The van der Waals surface area contributed by atoms with Crippen LogP contribution in [0.25, 0.3) is 5.65 Å². The zero-order chi connectivity index (χ0) is 25.5. The van der Waals surface area contributed by atoms with Crippen molar-refractivity contribution in [2.75, 3.05) is 54.9 Å². The smallest absolute Gasteiger partial charge is 0.387 e. The number of nitrogens with zero attached hydrogens (tertiary/aromatic N) is 7. The molecular formula is C23H24ClF2N9O2. The van der Waals surface area contributed by atoms with Gasteiger partial charge >= 0.3 is 6.61 Å². The molecule has 2 aliphatic heterocycles. The van der Waals surface area contributed by atoms with Crippen LogP contribution in [0.15, 0.2) is 18.3 Å². The number of nitrogens with one attached hydrogen (secondary N) is 2. The number of aromatic nitrogens is 4. The molecule has 0 radical (unpaired) electrons. The molecule has 0 unspecified atom stereocenters. The van der Waals surface area contributed by atoms with Crippen molar-refractivity contribution in [2.24, 2.45) is 0 Å². The van der Waals surface area contributed by atoms with E-state index in [1.807, 2.05) is 0 Å². The summed E-state index contributed by atoms with van der Waals surface area (Å²) in [7, 11) is 0. The van der Waals surface area contributed by atoms with Gasteiger partial charge < -0.3 is 25.0 Å². The molecule has 0 spiro atoms. The highest BCUT2D eigenvalue weighted by atomic mass is 35.5. The van der Waals surface area contributed by atoms with E-state index in [4.69, 9.17) is 21.1 Å². The lowest BCUT2D eigenvalue weighted by Crippen LogP contribution is -2.56. The predicted molar refractivity (Wildman–Crippen MR) is 132 cm³/mol. The van der Waals surface area contributed by atoms with Gasteiger partial charge in [-0.2, -0.15) is 23.5 Å². The van der Waals surface area contributed by atoms with Gasteiger partial charge in [-0.25, -0.2) is 4.98 Å². The summed E-state index contributed by atoms with van der Waals surface area (Å²) in [6.45, 7) is 1.43. The molecular weight excluding hydrogens is 508 g/mol. The minimum atomic E-state index is -3.00. The second kappa shape index (κ2) is 9.77. The number of imidazole rings is 1. The highest BCUT2D eigenvalue weighted by Gasteiger charge is 2.30. The molecule has 1 saturated carbocycles. The molecule has 194 valence electrons. The number of anilines is 4. The first-order chi connectivity index (χ1) is 18.0. The number of hydrogen-bond donors (Lipinski definition) is 2. The van der Waals surface area contributed by atoms with E-state index in [1.54, 1.807) is 0 Å². The van der Waals surface area contributed by atoms with Gasteiger partial charge in [-0.05, 0) is 12.8 Å². The first-order valence-electron chi connectivity index (χ1n) is 12.0. The van der Waals surface area contributed by atoms with Crippen LogP contribution in [-0.4, -0.2) is 82.6 Å². The number of rotatable bonds is 8. The van der Waals surface area contributed by atoms with Crippen molar-refractivity contribution >= 4 is 40.4 Å². The Morgan fingerprint density at radius 1 is 1.19 bits per heavy atom. The van der Waals surface area contributed by atoms with Crippen LogP contribution < -0.4 is 20.3 Å². The van der Waals surface area contributed by atoms with Crippen LogP contribution in [0.5, 0.6) is 5.75 Å². The Bertz CT molecular complexity index is 1350. The lowest BCUT2D eigenvalue weighted by molar-refractivity contribution is -0.0660. The second-order valence-corrected chi connectivity index (χ2v) is 9.59. The summed E-state index contributed by atoms with van der Waals surface area (Å²) >= 11 is 6.80. The molecule has 3 aromatic rings. The quantitative estimate of drug-likeness (QED) is 0.449. The Hall–Kier alpha value is -3.47. The molecule has 4 heterocycles. The van der Waals surface area contributed by atoms with Crippen molar-refractivity contribution < 1.29 is 18.3 Å². The number of halogens is 3. The third kappa shape index (κ3) is 4.92. The average molecular weight is 532 g/mol. The highest BCUT2D eigenvalue weighted by molar-refractivity contribution is 6.36. The van der Waals surface area contributed by atoms with E-state index in [-0.39, 0.29) is 23.4 Å². The molecule has 37 heavy (non-hydrogen) atoms. The summed E-state index contributed by atoms with van der Waals surface area (Å²) < 4.78 is 37.8. The van der Waals surface area contributed by atoms with Crippen molar-refractivity contribution in [2.45, 2.75) is 31.5 Å². The maximum atomic E-state index is 13.2. The van der Waals surface area contributed by atoms with Gasteiger partial charge in [0.1, 0.15) is 11.8 Å². The summed E-state index contributed by atoms with van der Waals surface area (Å²) in [5, 5.41) is 20.5. The van der Waals surface area contributed by atoms with Gasteiger partial charge in [0.2, 0.25) is 5.95 Å². The standard InChI is InChI=1S/C23H24ClF2N9O2/c24-19-17(30-23-31-20(29-13-1-2-13)21-28-10-14(9-27)35(21)32-23)7-16(37-22(25)26)8-18(19)34-5-3-33(4-6-34)15-11-36-12-15/h7-8,10,13,15,22H,1-6,11-12H2,(H2,29,30,31,32). The Morgan fingerprint density at radius 2 is 1.97 bits per heavy atom. The van der Waals surface area contributed by atoms with E-state index >= 15 is 0 Å². The first kappa shape index (κ1) is 23.9. The summed E-state index contributed by atoms with van der Waals surface area (Å²) in [6, 6.07) is 5.67. The fourth-order valence-corrected chi connectivity index (χ4v) is 4.76. The molecule has 2 N–H and O–H groups in total. The number of nitriles is 1. The Kier molecular flexibility index (Phi) is 6.31. The zero-order valence-corrected chi connectivity index (χ0v) is 20.5. The normalized spacial score (nSPS) is 18.6. The van der Waals surface area contributed by atoms with Gasteiger partial charge in [-0.3, -0.25) is 4.90 Å². The molecule has 6 rings (SSSR count). The third-order valence-corrected chi connectivity index (χ3v) is 7.08. The summed E-state index contributed by atoms with van der Waals surface area (Å²) in [5.41, 5.74) is 1.53. The van der Waals surface area contributed by atoms with Crippen molar-refractivity contribution in [1.29, 1.82) is 5.26 Å². The fraction of sp³-hybridized carbons (Fsp3) is 0.478. The number of fused-ring (bicyclic) bond motifs is 1. The second-order valence-electron chi connectivity index (χ2n) is 9.22. The van der Waals surface area contributed by atoms with Crippen molar-refractivity contribution in [3.8, 4) is 11.8 Å². The van der Waals surface area contributed by atoms with E-state index in [9.17, 15) is 14.0 Å². The molecule has 2 saturated heterocycles. The molecule has 0 amide bonds. The summed E-state index contributed by atoms with van der Waals surface area (Å²) in [6.07, 6.45) is 3.44. The molecule has 1 aliphatic carbocycles. The van der Waals surface area contributed by atoms with Crippen LogP contribution >= 0.6 is 11.6 Å². The molecule has 2 aromatic heterocycles. The van der Waals surface area contributed by atoms with Crippen molar-refractivity contribution in [3.63, 3.8) is 0 Å². The number of hydrogen-bond acceptors (Lipinski definition) is 10. The van der Waals surface area contributed by atoms with Gasteiger partial charge in [0, 0.05) is 44.4 Å². The van der Waals surface area contributed by atoms with E-state index in [2.05, 4.69) is 41.6 Å². The lowest BCUT2D eigenvalue weighted by atomic mass is 10.1. The van der Waals surface area contributed by atoms with E-state index in [0.29, 0.717) is 47.0 Å². The minimum absolute atomic E-state index is 0.0375. The number of benzene rings is 1. The monoisotopic (exact) mass is 531 g/mol. The maximum Gasteiger partial charge on any atom is 0.387 e. The Balaban J connectivity index is 1.32. The minimum Gasteiger partial charge on any atom is -0.435 e. The van der Waals surface area contributed by atoms with E-state index in [0.717, 1.165) is 39.1 Å². The highest BCUT2D eigenvalue weighted by Crippen LogP contribution is 2.39. The molecule has 3 aliphatic rings. The van der Waals surface area contributed by atoms with Crippen molar-refractivity contribution in [1.82, 2.24) is 24.5 Å². The number of alkyl halides is 2. The topological polar surface area (TPSA) is 116 Å². The van der Waals surface area contributed by atoms with E-state index in [1.165, 1.54) is 22.8 Å². The maximum absolute atomic E-state index is 13.2. The molecule has 14 heteroatoms. The van der Waals surface area contributed by atoms with Crippen LogP contribution in [0, 0.1) is 11.3 Å². The fourth-order valence-electron chi connectivity index (χ4n) is 4.49. The van der Waals surface area contributed by atoms with Crippen molar-refractivity contribution in [3.05, 3.63) is 29.0 Å². The van der Waals surface area contributed by atoms with Gasteiger partial charge in [0.15, 0.2) is 17.2 Å². The molecule has 1 aromatic carbocycles. The van der Waals surface area contributed by atoms with Gasteiger partial charge in [-0.15, -0.1) is 5.10 Å². The molecule has 0 bridgehead atoms. The van der Waals surface area contributed by atoms with Gasteiger partial charge in [0.05, 0.1) is 41.8 Å². The predicted octanol–water partition coefficient (Wildman–Crippen LogP) is 3.09. The molecule has 11 nitrogen and oxygen atoms in total. The van der Waals surface area contributed by atoms with Crippen LogP contribution in [0.4, 0.5) is 31.9 Å². The third-order valence-electron chi connectivity index (χ3n) is 6.69. The van der Waals surface area contributed by atoms with Crippen LogP contribution in [0.2, 0.25) is 5.02 Å². The number of ether oxygens (including phenoxy) is 2.